The van der Waals surface area contributed by atoms with Gasteiger partial charge in [0.15, 0.2) is 0 Å². The molecule has 1 amide bonds. The highest BCUT2D eigenvalue weighted by Gasteiger charge is 2.34. The van der Waals surface area contributed by atoms with E-state index in [0.717, 1.165) is 18.2 Å². The molecule has 13 heteroatoms. The van der Waals surface area contributed by atoms with Crippen molar-refractivity contribution in [3.8, 4) is 0 Å². The molecule has 6 nitrogen and oxygen atoms in total. The van der Waals surface area contributed by atoms with Gasteiger partial charge in [0.2, 0.25) is 0 Å². The number of carbonyl (C=O) groups excluding carboxylic acids is 1. The summed E-state index contributed by atoms with van der Waals surface area (Å²) in [6.07, 6.45) is -4.80. The molecule has 0 unspecified atom stereocenters. The summed E-state index contributed by atoms with van der Waals surface area (Å²) in [4.78, 5) is 11.0. The van der Waals surface area contributed by atoms with E-state index in [1.807, 2.05) is 0 Å². The normalized spacial score (nSPS) is 12.0. The van der Waals surface area contributed by atoms with E-state index in [-0.39, 0.29) is 3.82 Å². The van der Waals surface area contributed by atoms with Crippen LogP contribution in [0.15, 0.2) is 41.3 Å². The number of amides is 1. The van der Waals surface area contributed by atoms with Crippen LogP contribution in [0, 0.1) is 5.82 Å². The first-order valence-electron chi connectivity index (χ1n) is 6.78. The summed E-state index contributed by atoms with van der Waals surface area (Å²) >= 11 is 11.4. The zero-order valence-electron chi connectivity index (χ0n) is 12.9. The van der Waals surface area contributed by atoms with Gasteiger partial charge in [0.25, 0.3) is 15.9 Å². The lowest BCUT2D eigenvalue weighted by Crippen LogP contribution is -2.32. The number of halogens is 6. The van der Waals surface area contributed by atoms with Crippen molar-refractivity contribution in [2.24, 2.45) is 5.84 Å². The third-order valence-corrected chi connectivity index (χ3v) is 5.76. The molecular formula is C14H9Cl2F4N3O3S. The first-order chi connectivity index (χ1) is 12.4. The molecule has 2 aromatic carbocycles. The Hall–Kier alpha value is -2.08. The first kappa shape index (κ1) is 21.2. The highest BCUT2D eigenvalue weighted by Crippen LogP contribution is 2.35. The van der Waals surface area contributed by atoms with Crippen molar-refractivity contribution in [2.75, 3.05) is 3.82 Å². The number of carbonyl (C=O) groups is 1. The lowest BCUT2D eigenvalue weighted by Gasteiger charge is -2.20. The number of nitrogens with zero attached hydrogens (tertiary/aromatic N) is 1. The Kier molecular flexibility index (Phi) is 5.90. The summed E-state index contributed by atoms with van der Waals surface area (Å²) in [5.41, 5.74) is -0.779. The number of hydrogen-bond donors (Lipinski definition) is 2. The summed E-state index contributed by atoms with van der Waals surface area (Å²) in [6.45, 7) is 0. The molecule has 0 atom stereocenters. The van der Waals surface area contributed by atoms with Gasteiger partial charge in [0.05, 0.1) is 26.7 Å². The number of sulfonamides is 1. The molecule has 0 saturated carbocycles. The summed E-state index contributed by atoms with van der Waals surface area (Å²) in [7, 11) is -4.77. The number of benzene rings is 2. The lowest BCUT2D eigenvalue weighted by molar-refractivity contribution is -0.137. The van der Waals surface area contributed by atoms with E-state index >= 15 is 0 Å². The maximum absolute atomic E-state index is 13.6. The molecule has 0 aliphatic heterocycles. The minimum atomic E-state index is -4.80. The second-order valence-corrected chi connectivity index (χ2v) is 7.73. The van der Waals surface area contributed by atoms with Crippen LogP contribution in [0.1, 0.15) is 15.9 Å². The van der Waals surface area contributed by atoms with Crippen LogP contribution in [-0.2, 0) is 16.2 Å². The molecule has 3 N–H and O–H groups in total. The number of anilines is 1. The van der Waals surface area contributed by atoms with Crippen molar-refractivity contribution in [2.45, 2.75) is 11.1 Å². The van der Waals surface area contributed by atoms with E-state index in [0.29, 0.717) is 18.2 Å². The van der Waals surface area contributed by atoms with Crippen LogP contribution in [0.25, 0.3) is 0 Å². The largest absolute Gasteiger partial charge is 0.416 e. The monoisotopic (exact) mass is 445 g/mol. The Morgan fingerprint density at radius 1 is 1.19 bits per heavy atom. The molecule has 2 aromatic rings. The van der Waals surface area contributed by atoms with E-state index in [1.165, 1.54) is 0 Å². The average Bonchev–Trinajstić information content (AvgIpc) is 2.61. The number of nitrogen functional groups attached to an aromatic ring is 1. The van der Waals surface area contributed by atoms with Crippen LogP contribution in [0.2, 0.25) is 5.02 Å². The Bertz CT molecular complexity index is 1000. The predicted octanol–water partition coefficient (Wildman–Crippen LogP) is 3.45. The second-order valence-electron chi connectivity index (χ2n) is 5.00. The topological polar surface area (TPSA) is 92.5 Å². The summed E-state index contributed by atoms with van der Waals surface area (Å²) < 4.78 is 77.3. The SMILES string of the molecule is NNC(=O)c1cc(F)c(Cl)cc1N(Cl)S(=O)(=O)c1cccc(C(F)(F)F)c1. The molecule has 0 heterocycles. The molecule has 0 saturated heterocycles. The first-order valence-corrected chi connectivity index (χ1v) is 8.93. The average molecular weight is 446 g/mol. The Labute approximate surface area is 160 Å². The molecule has 0 spiro atoms. The van der Waals surface area contributed by atoms with Crippen LogP contribution in [0.4, 0.5) is 23.2 Å². The van der Waals surface area contributed by atoms with Crippen LogP contribution in [0.5, 0.6) is 0 Å². The summed E-state index contributed by atoms with van der Waals surface area (Å²) in [6, 6.07) is 4.06. The fourth-order valence-corrected chi connectivity index (χ4v) is 3.65. The molecule has 0 bridgehead atoms. The second kappa shape index (κ2) is 7.50. The van der Waals surface area contributed by atoms with E-state index in [2.05, 4.69) is 0 Å². The molecule has 146 valence electrons. The number of hydrazine groups is 1. The van der Waals surface area contributed by atoms with Gasteiger partial charge in [-0.3, -0.25) is 10.2 Å². The smallest absolute Gasteiger partial charge is 0.290 e. The van der Waals surface area contributed by atoms with E-state index in [4.69, 9.17) is 29.2 Å². The van der Waals surface area contributed by atoms with Gasteiger partial charge in [-0.15, -0.1) is 0 Å². The third kappa shape index (κ3) is 4.26. The summed E-state index contributed by atoms with van der Waals surface area (Å²) in [5.74, 6) is 2.78. The minimum Gasteiger partial charge on any atom is -0.290 e. The molecule has 0 fully saturated rings. The fraction of sp³-hybridized carbons (Fsp3) is 0.0714. The third-order valence-electron chi connectivity index (χ3n) is 3.27. The molecule has 27 heavy (non-hydrogen) atoms. The van der Waals surface area contributed by atoms with Crippen molar-refractivity contribution >= 4 is 45.0 Å². The minimum absolute atomic E-state index is 0.0155. The van der Waals surface area contributed by atoms with Crippen LogP contribution >= 0.6 is 23.4 Å². The zero-order chi connectivity index (χ0) is 20.6. The van der Waals surface area contributed by atoms with Crippen molar-refractivity contribution < 1.29 is 30.8 Å². The van der Waals surface area contributed by atoms with Crippen molar-refractivity contribution in [3.05, 3.63) is 58.4 Å². The van der Waals surface area contributed by atoms with Crippen molar-refractivity contribution in [1.82, 2.24) is 5.43 Å². The van der Waals surface area contributed by atoms with Gasteiger partial charge >= 0.3 is 6.18 Å². The van der Waals surface area contributed by atoms with Gasteiger partial charge in [-0.1, -0.05) is 17.7 Å². The highest BCUT2D eigenvalue weighted by molar-refractivity contribution is 7.94. The number of nitrogens with two attached hydrogens (primary N) is 1. The van der Waals surface area contributed by atoms with Gasteiger partial charge < -0.3 is 0 Å². The molecule has 0 aliphatic rings. The van der Waals surface area contributed by atoms with Crippen LogP contribution in [-0.4, -0.2) is 14.3 Å². The standard InChI is InChI=1S/C14H9Cl2F4N3O3S/c15-10-6-12(9(5-11(10)17)13(24)22-21)23(16)27(25,26)8-3-1-2-7(4-8)14(18,19)20/h1-6H,21H2,(H,22,24). The Balaban J connectivity index is 2.62. The van der Waals surface area contributed by atoms with Crippen LogP contribution in [0.3, 0.4) is 0 Å². The lowest BCUT2D eigenvalue weighted by atomic mass is 10.1. The molecule has 2 rings (SSSR count). The van der Waals surface area contributed by atoms with E-state index in [9.17, 15) is 30.8 Å². The number of rotatable bonds is 4. The predicted molar refractivity (Wildman–Crippen MR) is 90.0 cm³/mol. The zero-order valence-corrected chi connectivity index (χ0v) is 15.2. The van der Waals surface area contributed by atoms with Gasteiger partial charge in [0.1, 0.15) is 5.82 Å². The Morgan fingerprint density at radius 2 is 1.81 bits per heavy atom. The van der Waals surface area contributed by atoms with Gasteiger partial charge in [-0.05, 0) is 30.3 Å². The van der Waals surface area contributed by atoms with Crippen molar-refractivity contribution in [3.63, 3.8) is 0 Å². The quantitative estimate of drug-likeness (QED) is 0.248. The van der Waals surface area contributed by atoms with Gasteiger partial charge in [0, 0.05) is 11.8 Å². The number of alkyl halides is 3. The number of nitrogens with one attached hydrogen (secondary N) is 1. The fourth-order valence-electron chi connectivity index (χ4n) is 2.00. The molecule has 0 radical (unpaired) electrons. The maximum Gasteiger partial charge on any atom is 0.416 e. The van der Waals surface area contributed by atoms with Gasteiger partial charge in [-0.2, -0.15) is 25.4 Å². The van der Waals surface area contributed by atoms with Crippen LogP contribution < -0.4 is 15.1 Å². The molecule has 0 aromatic heterocycles. The van der Waals surface area contributed by atoms with E-state index < -0.39 is 54.7 Å². The van der Waals surface area contributed by atoms with E-state index in [1.54, 1.807) is 5.43 Å². The summed E-state index contributed by atoms with van der Waals surface area (Å²) in [5, 5.41) is -0.580. The maximum atomic E-state index is 13.6. The molecule has 0 aliphatic carbocycles. The van der Waals surface area contributed by atoms with Gasteiger partial charge in [-0.25, -0.2) is 10.2 Å². The highest BCUT2D eigenvalue weighted by atomic mass is 35.5. The molecular weight excluding hydrogens is 437 g/mol. The number of hydrogen-bond acceptors (Lipinski definition) is 4. The van der Waals surface area contributed by atoms with Crippen molar-refractivity contribution in [1.29, 1.82) is 0 Å². The Morgan fingerprint density at radius 3 is 2.37 bits per heavy atom.